The molecule has 0 aliphatic carbocycles. The lowest BCUT2D eigenvalue weighted by atomic mass is 10.3. The highest BCUT2D eigenvalue weighted by Gasteiger charge is 2.27. The minimum Gasteiger partial charge on any atom is -0.497 e. The predicted molar refractivity (Wildman–Crippen MR) is 128 cm³/mol. The average Bonchev–Trinajstić information content (AvgIpc) is 3.23. The molecule has 3 rings (SSSR count). The van der Waals surface area contributed by atoms with E-state index in [1.165, 1.54) is 30.6 Å². The van der Waals surface area contributed by atoms with Crippen molar-refractivity contribution in [1.82, 2.24) is 10.2 Å². The van der Waals surface area contributed by atoms with Gasteiger partial charge in [0.1, 0.15) is 12.3 Å². The number of anilines is 2. The van der Waals surface area contributed by atoms with Crippen LogP contribution in [0.4, 0.5) is 10.8 Å². The zero-order chi connectivity index (χ0) is 23.1. The summed E-state index contributed by atoms with van der Waals surface area (Å²) < 4.78 is 33.6. The fourth-order valence-electron chi connectivity index (χ4n) is 2.63. The number of sulfonamides is 1. The van der Waals surface area contributed by atoms with Crippen molar-refractivity contribution in [2.24, 2.45) is 5.92 Å². The molecule has 1 aromatic heterocycles. The van der Waals surface area contributed by atoms with E-state index in [0.717, 1.165) is 14.4 Å². The number of hydrogen-bond acceptors (Lipinski definition) is 8. The van der Waals surface area contributed by atoms with E-state index in [0.29, 0.717) is 22.5 Å². The first-order chi connectivity index (χ1) is 15.3. The van der Waals surface area contributed by atoms with Crippen LogP contribution in [0.5, 0.6) is 5.75 Å². The second-order valence-electron chi connectivity index (χ2n) is 7.15. The standard InChI is InChI=1S/C21H24N4O4S3/c1-15(2)14-30-21-24-23-20(31-21)22-19(26)13-25(16-7-5-4-6-8-16)32(27,28)18-11-9-17(29-3)10-12-18/h4-12,15H,13-14H2,1-3H3,(H,22,23,26). The minimum absolute atomic E-state index is 0.0539. The lowest BCUT2D eigenvalue weighted by Gasteiger charge is -2.23. The van der Waals surface area contributed by atoms with E-state index in [-0.39, 0.29) is 4.90 Å². The van der Waals surface area contributed by atoms with Crippen LogP contribution in [-0.2, 0) is 14.8 Å². The summed E-state index contributed by atoms with van der Waals surface area (Å²) in [5, 5.41) is 11.0. The van der Waals surface area contributed by atoms with Gasteiger partial charge in [0.2, 0.25) is 11.0 Å². The first kappa shape index (κ1) is 24.0. The molecule has 1 N–H and O–H groups in total. The average molecular weight is 493 g/mol. The van der Waals surface area contributed by atoms with Crippen LogP contribution in [0.3, 0.4) is 0 Å². The second kappa shape index (κ2) is 10.8. The van der Waals surface area contributed by atoms with Crippen LogP contribution >= 0.6 is 23.1 Å². The Morgan fingerprint density at radius 1 is 1.12 bits per heavy atom. The topological polar surface area (TPSA) is 101 Å². The van der Waals surface area contributed by atoms with Crippen molar-refractivity contribution in [2.75, 3.05) is 29.0 Å². The van der Waals surface area contributed by atoms with E-state index < -0.39 is 22.5 Å². The number of carbonyl (C=O) groups excluding carboxylic acids is 1. The summed E-state index contributed by atoms with van der Waals surface area (Å²) in [4.78, 5) is 12.8. The maximum Gasteiger partial charge on any atom is 0.264 e. The lowest BCUT2D eigenvalue weighted by molar-refractivity contribution is -0.114. The SMILES string of the molecule is COc1ccc(S(=O)(=O)N(CC(=O)Nc2nnc(SCC(C)C)s2)c2ccccc2)cc1. The highest BCUT2D eigenvalue weighted by atomic mass is 32.2. The van der Waals surface area contributed by atoms with Gasteiger partial charge >= 0.3 is 0 Å². The van der Waals surface area contributed by atoms with Gasteiger partial charge in [0.15, 0.2) is 4.34 Å². The summed E-state index contributed by atoms with van der Waals surface area (Å²) in [7, 11) is -2.49. The molecule has 0 bridgehead atoms. The Morgan fingerprint density at radius 3 is 2.44 bits per heavy atom. The zero-order valence-electron chi connectivity index (χ0n) is 17.9. The Bertz CT molecular complexity index is 1130. The molecule has 170 valence electrons. The first-order valence-corrected chi connectivity index (χ1v) is 13.0. The molecule has 1 amide bonds. The van der Waals surface area contributed by atoms with Crippen LogP contribution in [0.25, 0.3) is 0 Å². The molecule has 0 fully saturated rings. The van der Waals surface area contributed by atoms with Gasteiger partial charge in [0.25, 0.3) is 10.0 Å². The smallest absolute Gasteiger partial charge is 0.264 e. The highest BCUT2D eigenvalue weighted by molar-refractivity contribution is 8.01. The van der Waals surface area contributed by atoms with Crippen molar-refractivity contribution in [3.05, 3.63) is 54.6 Å². The zero-order valence-corrected chi connectivity index (χ0v) is 20.3. The fraction of sp³-hybridized carbons (Fsp3) is 0.286. The monoisotopic (exact) mass is 492 g/mol. The van der Waals surface area contributed by atoms with Crippen molar-refractivity contribution in [3.8, 4) is 5.75 Å². The van der Waals surface area contributed by atoms with Gasteiger partial charge in [-0.25, -0.2) is 8.42 Å². The van der Waals surface area contributed by atoms with E-state index in [2.05, 4.69) is 29.4 Å². The molecule has 11 heteroatoms. The normalized spacial score (nSPS) is 11.4. The maximum atomic E-state index is 13.3. The Morgan fingerprint density at radius 2 is 1.81 bits per heavy atom. The maximum absolute atomic E-state index is 13.3. The number of nitrogens with zero attached hydrogens (tertiary/aromatic N) is 3. The molecule has 8 nitrogen and oxygen atoms in total. The van der Waals surface area contributed by atoms with Crippen LogP contribution < -0.4 is 14.4 Å². The molecule has 2 aromatic carbocycles. The number of para-hydroxylation sites is 1. The number of methoxy groups -OCH3 is 1. The van der Waals surface area contributed by atoms with E-state index in [1.54, 1.807) is 54.2 Å². The summed E-state index contributed by atoms with van der Waals surface area (Å²) in [5.74, 6) is 1.42. The van der Waals surface area contributed by atoms with Gasteiger partial charge < -0.3 is 4.74 Å². The molecular weight excluding hydrogens is 468 g/mol. The van der Waals surface area contributed by atoms with Gasteiger partial charge in [-0.2, -0.15) is 0 Å². The number of nitrogens with one attached hydrogen (secondary N) is 1. The molecule has 1 heterocycles. The predicted octanol–water partition coefficient (Wildman–Crippen LogP) is 4.13. The van der Waals surface area contributed by atoms with E-state index >= 15 is 0 Å². The first-order valence-electron chi connectivity index (χ1n) is 9.77. The van der Waals surface area contributed by atoms with Gasteiger partial charge in [-0.15, -0.1) is 10.2 Å². The second-order valence-corrected chi connectivity index (χ2v) is 11.3. The molecule has 0 atom stereocenters. The van der Waals surface area contributed by atoms with Crippen LogP contribution in [0.1, 0.15) is 13.8 Å². The van der Waals surface area contributed by atoms with Crippen LogP contribution in [-0.4, -0.2) is 43.9 Å². The third-order valence-electron chi connectivity index (χ3n) is 4.17. The van der Waals surface area contributed by atoms with Crippen molar-refractivity contribution >= 4 is 49.8 Å². The number of hydrogen-bond donors (Lipinski definition) is 1. The molecule has 0 saturated heterocycles. The highest BCUT2D eigenvalue weighted by Crippen LogP contribution is 2.28. The summed E-state index contributed by atoms with van der Waals surface area (Å²) in [6.07, 6.45) is 0. The van der Waals surface area contributed by atoms with Gasteiger partial charge in [-0.05, 0) is 42.3 Å². The number of amides is 1. The molecule has 0 spiro atoms. The molecule has 3 aromatic rings. The van der Waals surface area contributed by atoms with Crippen LogP contribution in [0.2, 0.25) is 0 Å². The van der Waals surface area contributed by atoms with Gasteiger partial charge in [0.05, 0.1) is 17.7 Å². The van der Waals surface area contributed by atoms with Crippen LogP contribution in [0, 0.1) is 5.92 Å². The van der Waals surface area contributed by atoms with Crippen molar-refractivity contribution in [1.29, 1.82) is 0 Å². The quantitative estimate of drug-likeness (QED) is 0.335. The molecule has 0 aliphatic heterocycles. The van der Waals surface area contributed by atoms with Gasteiger partial charge in [-0.1, -0.05) is 55.1 Å². The Hall–Kier alpha value is -2.63. The van der Waals surface area contributed by atoms with Crippen molar-refractivity contribution in [2.45, 2.75) is 23.1 Å². The number of carbonyl (C=O) groups is 1. The molecule has 32 heavy (non-hydrogen) atoms. The summed E-state index contributed by atoms with van der Waals surface area (Å²) in [6.45, 7) is 3.81. The summed E-state index contributed by atoms with van der Waals surface area (Å²) >= 11 is 2.83. The summed E-state index contributed by atoms with van der Waals surface area (Å²) in [5.41, 5.74) is 0.379. The molecular formula is C21H24N4O4S3. The fourth-order valence-corrected chi connectivity index (χ4v) is 5.80. The molecule has 0 saturated carbocycles. The molecule has 0 aliphatic rings. The lowest BCUT2D eigenvalue weighted by Crippen LogP contribution is -2.38. The Balaban J connectivity index is 1.80. The number of aromatic nitrogens is 2. The van der Waals surface area contributed by atoms with E-state index in [4.69, 9.17) is 4.74 Å². The van der Waals surface area contributed by atoms with Crippen molar-refractivity contribution < 1.29 is 17.9 Å². The number of thioether (sulfide) groups is 1. The van der Waals surface area contributed by atoms with E-state index in [9.17, 15) is 13.2 Å². The van der Waals surface area contributed by atoms with Crippen LogP contribution in [0.15, 0.2) is 63.8 Å². The number of benzene rings is 2. The Kier molecular flexibility index (Phi) is 8.10. The number of ether oxygens (including phenoxy) is 1. The van der Waals surface area contributed by atoms with E-state index in [1.807, 2.05) is 0 Å². The molecule has 0 radical (unpaired) electrons. The van der Waals surface area contributed by atoms with Gasteiger partial charge in [0, 0.05) is 5.75 Å². The van der Waals surface area contributed by atoms with Crippen molar-refractivity contribution in [3.63, 3.8) is 0 Å². The minimum atomic E-state index is -4.00. The third kappa shape index (κ3) is 6.21. The third-order valence-corrected chi connectivity index (χ3v) is 8.36. The summed E-state index contributed by atoms with van der Waals surface area (Å²) in [6, 6.07) is 14.5. The van der Waals surface area contributed by atoms with Gasteiger partial charge in [-0.3, -0.25) is 14.4 Å². The largest absolute Gasteiger partial charge is 0.497 e. The number of rotatable bonds is 10. The Labute approximate surface area is 196 Å². The molecule has 0 unspecified atom stereocenters.